The first-order chi connectivity index (χ1) is 11.5. The second kappa shape index (κ2) is 16.4. The van der Waals surface area contributed by atoms with E-state index in [1.54, 1.807) is 0 Å². The number of hydrogen-bond acceptors (Lipinski definition) is 2. The van der Waals surface area contributed by atoms with Crippen LogP contribution >= 0.6 is 0 Å². The highest BCUT2D eigenvalue weighted by atomic mass is 15.1. The van der Waals surface area contributed by atoms with Gasteiger partial charge in [0.05, 0.1) is 0 Å². The molecule has 2 atom stereocenters. The summed E-state index contributed by atoms with van der Waals surface area (Å²) in [5.41, 5.74) is 0. The zero-order chi connectivity index (χ0) is 18.2. The zero-order valence-corrected chi connectivity index (χ0v) is 17.9. The standard InChI is InChI=1S/C22H48N2/c1-7-21(4)23-18-16-14-12-10-8-9-11-13-15-17-19-24(6)22(5)20(2)3/h20-23H,7-19H2,1-6H3. The van der Waals surface area contributed by atoms with Crippen molar-refractivity contribution in [2.24, 2.45) is 5.92 Å². The summed E-state index contributed by atoms with van der Waals surface area (Å²) in [6, 6.07) is 1.41. The van der Waals surface area contributed by atoms with E-state index in [9.17, 15) is 0 Å². The summed E-state index contributed by atoms with van der Waals surface area (Å²) < 4.78 is 0. The fourth-order valence-electron chi connectivity index (χ4n) is 3.11. The van der Waals surface area contributed by atoms with Crippen LogP contribution in [0.2, 0.25) is 0 Å². The topological polar surface area (TPSA) is 15.3 Å². The molecule has 0 aromatic carbocycles. The van der Waals surface area contributed by atoms with Gasteiger partial charge in [-0.25, -0.2) is 0 Å². The average molecular weight is 341 g/mol. The maximum atomic E-state index is 3.58. The summed E-state index contributed by atoms with van der Waals surface area (Å²) in [5, 5.41) is 3.58. The molecule has 0 aromatic heterocycles. The van der Waals surface area contributed by atoms with Crippen molar-refractivity contribution < 1.29 is 0 Å². The molecule has 0 saturated heterocycles. The molecule has 0 saturated carbocycles. The predicted molar refractivity (Wildman–Crippen MR) is 111 cm³/mol. The Bertz CT molecular complexity index is 252. The first kappa shape index (κ1) is 23.9. The molecule has 0 aromatic rings. The first-order valence-electron chi connectivity index (χ1n) is 10.9. The van der Waals surface area contributed by atoms with Crippen LogP contribution in [0.15, 0.2) is 0 Å². The summed E-state index contributed by atoms with van der Waals surface area (Å²) in [4.78, 5) is 2.53. The van der Waals surface area contributed by atoms with Gasteiger partial charge in [0.2, 0.25) is 0 Å². The highest BCUT2D eigenvalue weighted by Gasteiger charge is 2.11. The van der Waals surface area contributed by atoms with Gasteiger partial charge >= 0.3 is 0 Å². The Kier molecular flexibility index (Phi) is 16.3. The van der Waals surface area contributed by atoms with Crippen LogP contribution in [0.3, 0.4) is 0 Å². The Morgan fingerprint density at radius 3 is 1.62 bits per heavy atom. The molecule has 0 spiro atoms. The van der Waals surface area contributed by atoms with Crippen molar-refractivity contribution in [3.05, 3.63) is 0 Å². The van der Waals surface area contributed by atoms with Crippen LogP contribution in [0.5, 0.6) is 0 Å². The summed E-state index contributed by atoms with van der Waals surface area (Å²) >= 11 is 0. The first-order valence-corrected chi connectivity index (χ1v) is 10.9. The minimum absolute atomic E-state index is 0.693. The summed E-state index contributed by atoms with van der Waals surface area (Å²) in [5.74, 6) is 0.765. The molecule has 0 heterocycles. The van der Waals surface area contributed by atoms with Crippen molar-refractivity contribution >= 4 is 0 Å². The van der Waals surface area contributed by atoms with E-state index >= 15 is 0 Å². The van der Waals surface area contributed by atoms with Crippen LogP contribution in [0, 0.1) is 5.92 Å². The molecule has 146 valence electrons. The van der Waals surface area contributed by atoms with E-state index in [4.69, 9.17) is 0 Å². The highest BCUT2D eigenvalue weighted by molar-refractivity contribution is 4.66. The molecule has 0 aliphatic heterocycles. The second-order valence-corrected chi connectivity index (χ2v) is 8.26. The van der Waals surface area contributed by atoms with E-state index in [-0.39, 0.29) is 0 Å². The van der Waals surface area contributed by atoms with Crippen molar-refractivity contribution in [1.29, 1.82) is 0 Å². The van der Waals surface area contributed by atoms with Crippen molar-refractivity contribution in [3.63, 3.8) is 0 Å². The molecule has 0 rings (SSSR count). The van der Waals surface area contributed by atoms with Crippen molar-refractivity contribution in [3.8, 4) is 0 Å². The largest absolute Gasteiger partial charge is 0.314 e. The van der Waals surface area contributed by atoms with Gasteiger partial charge in [-0.05, 0) is 59.2 Å². The minimum atomic E-state index is 0.693. The highest BCUT2D eigenvalue weighted by Crippen LogP contribution is 2.12. The molecule has 0 bridgehead atoms. The SMILES string of the molecule is CCC(C)NCCCCCCCCCCCCN(C)C(C)C(C)C. The molecule has 0 aliphatic rings. The molecular weight excluding hydrogens is 292 g/mol. The van der Waals surface area contributed by atoms with Gasteiger partial charge < -0.3 is 10.2 Å². The fourth-order valence-corrected chi connectivity index (χ4v) is 3.11. The number of rotatable bonds is 17. The van der Waals surface area contributed by atoms with Crippen LogP contribution < -0.4 is 5.32 Å². The van der Waals surface area contributed by atoms with Gasteiger partial charge in [-0.2, -0.15) is 0 Å². The minimum Gasteiger partial charge on any atom is -0.314 e. The fraction of sp³-hybridized carbons (Fsp3) is 1.00. The Morgan fingerprint density at radius 2 is 1.17 bits per heavy atom. The van der Waals surface area contributed by atoms with Gasteiger partial charge in [0, 0.05) is 12.1 Å². The summed E-state index contributed by atoms with van der Waals surface area (Å²) in [6.45, 7) is 14.0. The molecule has 0 fully saturated rings. The maximum Gasteiger partial charge on any atom is 0.00868 e. The van der Waals surface area contributed by atoms with Crippen LogP contribution in [-0.2, 0) is 0 Å². The van der Waals surface area contributed by atoms with Crippen LogP contribution in [0.4, 0.5) is 0 Å². The molecule has 0 aliphatic carbocycles. The summed E-state index contributed by atoms with van der Waals surface area (Å²) in [7, 11) is 2.28. The van der Waals surface area contributed by atoms with Crippen LogP contribution in [-0.4, -0.2) is 37.1 Å². The number of nitrogens with one attached hydrogen (secondary N) is 1. The van der Waals surface area contributed by atoms with E-state index in [1.165, 1.54) is 83.7 Å². The van der Waals surface area contributed by atoms with Crippen LogP contribution in [0.1, 0.15) is 105 Å². The number of hydrogen-bond donors (Lipinski definition) is 1. The third kappa shape index (κ3) is 14.3. The van der Waals surface area contributed by atoms with Gasteiger partial charge in [-0.15, -0.1) is 0 Å². The molecule has 0 amide bonds. The second-order valence-electron chi connectivity index (χ2n) is 8.26. The lowest BCUT2D eigenvalue weighted by Crippen LogP contribution is -2.33. The van der Waals surface area contributed by atoms with E-state index in [2.05, 4.69) is 51.9 Å². The number of nitrogens with zero attached hydrogens (tertiary/aromatic N) is 1. The van der Waals surface area contributed by atoms with E-state index in [0.717, 1.165) is 5.92 Å². The lowest BCUT2D eigenvalue weighted by molar-refractivity contribution is 0.204. The zero-order valence-electron chi connectivity index (χ0n) is 17.9. The molecular formula is C22H48N2. The quantitative estimate of drug-likeness (QED) is 0.315. The maximum absolute atomic E-state index is 3.58. The lowest BCUT2D eigenvalue weighted by Gasteiger charge is -2.27. The number of unbranched alkanes of at least 4 members (excludes halogenated alkanes) is 9. The van der Waals surface area contributed by atoms with E-state index < -0.39 is 0 Å². The van der Waals surface area contributed by atoms with Gasteiger partial charge in [0.25, 0.3) is 0 Å². The lowest BCUT2D eigenvalue weighted by atomic mass is 10.0. The summed E-state index contributed by atoms with van der Waals surface area (Å²) in [6.07, 6.45) is 15.4. The molecule has 24 heavy (non-hydrogen) atoms. The Hall–Kier alpha value is -0.0800. The molecule has 1 N–H and O–H groups in total. The van der Waals surface area contributed by atoms with Gasteiger partial charge in [-0.1, -0.05) is 72.1 Å². The van der Waals surface area contributed by atoms with Gasteiger partial charge in [0.1, 0.15) is 0 Å². The Labute approximate surface area is 154 Å². The van der Waals surface area contributed by atoms with Gasteiger partial charge in [-0.3, -0.25) is 0 Å². The van der Waals surface area contributed by atoms with Crippen molar-refractivity contribution in [2.45, 2.75) is 117 Å². The third-order valence-corrected chi connectivity index (χ3v) is 5.70. The van der Waals surface area contributed by atoms with Crippen molar-refractivity contribution in [1.82, 2.24) is 10.2 Å². The average Bonchev–Trinajstić information content (AvgIpc) is 2.57. The van der Waals surface area contributed by atoms with E-state index in [1.807, 2.05) is 0 Å². The van der Waals surface area contributed by atoms with Crippen molar-refractivity contribution in [2.75, 3.05) is 20.1 Å². The molecule has 2 heteroatoms. The van der Waals surface area contributed by atoms with E-state index in [0.29, 0.717) is 12.1 Å². The molecule has 2 unspecified atom stereocenters. The normalized spacial score (nSPS) is 14.5. The monoisotopic (exact) mass is 340 g/mol. The Morgan fingerprint density at radius 1 is 0.708 bits per heavy atom. The molecule has 0 radical (unpaired) electrons. The Balaban J connectivity index is 3.20. The predicted octanol–water partition coefficient (Wildman–Crippen LogP) is 6.25. The smallest absolute Gasteiger partial charge is 0.00868 e. The third-order valence-electron chi connectivity index (χ3n) is 5.70. The van der Waals surface area contributed by atoms with Gasteiger partial charge in [0.15, 0.2) is 0 Å². The van der Waals surface area contributed by atoms with Crippen LogP contribution in [0.25, 0.3) is 0 Å². The molecule has 2 nitrogen and oxygen atoms in total.